The third kappa shape index (κ3) is 4.53. The molecule has 0 saturated heterocycles. The summed E-state index contributed by atoms with van der Waals surface area (Å²) in [6, 6.07) is 15.7. The number of carbonyl (C=O) groups is 1. The van der Waals surface area contributed by atoms with E-state index in [1.54, 1.807) is 11.9 Å². The van der Waals surface area contributed by atoms with Crippen molar-refractivity contribution in [2.24, 2.45) is 0 Å². The van der Waals surface area contributed by atoms with Gasteiger partial charge in [0.1, 0.15) is 0 Å². The van der Waals surface area contributed by atoms with Crippen LogP contribution in [0.25, 0.3) is 11.5 Å². The van der Waals surface area contributed by atoms with Crippen LogP contribution < -0.4 is 0 Å². The number of rotatable bonds is 6. The molecule has 134 valence electrons. The number of thioether (sulfide) groups is 1. The standard InChI is InChI=1S/C19H18BrN3O2S/c1-13-7-3-5-9-15(13)18-21-22-19(25-18)26-12-17(24)23(2)11-14-8-4-6-10-16(14)20/h3-10H,11-12H2,1-2H3. The molecule has 0 aliphatic rings. The highest BCUT2D eigenvalue weighted by Crippen LogP contribution is 2.25. The van der Waals surface area contributed by atoms with E-state index in [1.165, 1.54) is 11.8 Å². The zero-order valence-electron chi connectivity index (χ0n) is 14.5. The highest BCUT2D eigenvalue weighted by atomic mass is 79.9. The van der Waals surface area contributed by atoms with Crippen LogP contribution in [0.3, 0.4) is 0 Å². The molecule has 0 radical (unpaired) electrons. The molecule has 0 atom stereocenters. The summed E-state index contributed by atoms with van der Waals surface area (Å²) < 4.78 is 6.67. The van der Waals surface area contributed by atoms with Crippen LogP contribution in [-0.2, 0) is 11.3 Å². The molecule has 0 aliphatic carbocycles. The summed E-state index contributed by atoms with van der Waals surface area (Å²) in [5, 5.41) is 8.51. The molecule has 0 bridgehead atoms. The summed E-state index contributed by atoms with van der Waals surface area (Å²) in [4.78, 5) is 14.0. The van der Waals surface area contributed by atoms with Gasteiger partial charge in [-0.15, -0.1) is 10.2 Å². The van der Waals surface area contributed by atoms with Crippen molar-refractivity contribution in [1.29, 1.82) is 0 Å². The molecule has 0 aliphatic heterocycles. The number of benzene rings is 2. The molecule has 3 aromatic rings. The Balaban J connectivity index is 1.58. The Morgan fingerprint density at radius 1 is 1.15 bits per heavy atom. The first-order valence-electron chi connectivity index (χ1n) is 8.04. The van der Waals surface area contributed by atoms with Crippen molar-refractivity contribution >= 4 is 33.6 Å². The van der Waals surface area contributed by atoms with Gasteiger partial charge < -0.3 is 9.32 Å². The third-order valence-electron chi connectivity index (χ3n) is 3.89. The molecule has 26 heavy (non-hydrogen) atoms. The average Bonchev–Trinajstić information content (AvgIpc) is 3.10. The van der Waals surface area contributed by atoms with Crippen LogP contribution in [0, 0.1) is 6.92 Å². The fraction of sp³-hybridized carbons (Fsp3) is 0.211. The molecule has 1 heterocycles. The van der Waals surface area contributed by atoms with Crippen LogP contribution in [0.5, 0.6) is 0 Å². The normalized spacial score (nSPS) is 10.7. The second kappa shape index (κ2) is 8.51. The van der Waals surface area contributed by atoms with Crippen molar-refractivity contribution in [2.45, 2.75) is 18.7 Å². The fourth-order valence-corrected chi connectivity index (χ4v) is 3.51. The summed E-state index contributed by atoms with van der Waals surface area (Å²) in [5.74, 6) is 0.720. The number of nitrogens with zero attached hydrogens (tertiary/aromatic N) is 3. The lowest BCUT2D eigenvalue weighted by molar-refractivity contribution is -0.127. The summed E-state index contributed by atoms with van der Waals surface area (Å²) in [6.07, 6.45) is 0. The second-order valence-corrected chi connectivity index (χ2v) is 7.60. The summed E-state index contributed by atoms with van der Waals surface area (Å²) in [5.41, 5.74) is 3.04. The van der Waals surface area contributed by atoms with Gasteiger partial charge in [-0.25, -0.2) is 0 Å². The maximum Gasteiger partial charge on any atom is 0.277 e. The van der Waals surface area contributed by atoms with Crippen LogP contribution in [0.4, 0.5) is 0 Å². The number of carbonyl (C=O) groups excluding carboxylic acids is 1. The molecule has 1 aromatic heterocycles. The van der Waals surface area contributed by atoms with E-state index in [4.69, 9.17) is 4.42 Å². The SMILES string of the molecule is Cc1ccccc1-c1nnc(SCC(=O)N(C)Cc2ccccc2Br)o1. The van der Waals surface area contributed by atoms with E-state index in [-0.39, 0.29) is 11.7 Å². The van der Waals surface area contributed by atoms with Gasteiger partial charge in [0.05, 0.1) is 5.75 Å². The van der Waals surface area contributed by atoms with Gasteiger partial charge in [-0.3, -0.25) is 4.79 Å². The van der Waals surface area contributed by atoms with Gasteiger partial charge in [-0.2, -0.15) is 0 Å². The minimum Gasteiger partial charge on any atom is -0.411 e. The topological polar surface area (TPSA) is 59.2 Å². The van der Waals surface area contributed by atoms with Crippen molar-refractivity contribution < 1.29 is 9.21 Å². The Labute approximate surface area is 164 Å². The van der Waals surface area contributed by atoms with E-state index in [0.717, 1.165) is 21.2 Å². The summed E-state index contributed by atoms with van der Waals surface area (Å²) in [7, 11) is 1.79. The van der Waals surface area contributed by atoms with Crippen molar-refractivity contribution in [2.75, 3.05) is 12.8 Å². The number of halogens is 1. The second-order valence-electron chi connectivity index (χ2n) is 5.82. The molecule has 0 saturated carbocycles. The van der Waals surface area contributed by atoms with Crippen LogP contribution in [-0.4, -0.2) is 33.8 Å². The molecule has 3 rings (SSSR count). The van der Waals surface area contributed by atoms with Crippen LogP contribution in [0.2, 0.25) is 0 Å². The Hall–Kier alpha value is -2.12. The average molecular weight is 432 g/mol. The maximum atomic E-state index is 12.4. The van der Waals surface area contributed by atoms with E-state index >= 15 is 0 Å². The number of hydrogen-bond acceptors (Lipinski definition) is 5. The first-order valence-corrected chi connectivity index (χ1v) is 9.82. The highest BCUT2D eigenvalue weighted by Gasteiger charge is 2.15. The number of hydrogen-bond donors (Lipinski definition) is 0. The monoisotopic (exact) mass is 431 g/mol. The Bertz CT molecular complexity index is 913. The van der Waals surface area contributed by atoms with E-state index in [1.807, 2.05) is 55.5 Å². The molecule has 2 aromatic carbocycles. The molecule has 0 unspecified atom stereocenters. The van der Waals surface area contributed by atoms with E-state index in [2.05, 4.69) is 26.1 Å². The highest BCUT2D eigenvalue weighted by molar-refractivity contribution is 9.10. The molecule has 0 spiro atoms. The third-order valence-corrected chi connectivity index (χ3v) is 5.47. The first kappa shape index (κ1) is 18.7. The van der Waals surface area contributed by atoms with Gasteiger partial charge in [0.2, 0.25) is 11.8 Å². The Morgan fingerprint density at radius 3 is 2.65 bits per heavy atom. The van der Waals surface area contributed by atoms with Crippen LogP contribution in [0.1, 0.15) is 11.1 Å². The zero-order valence-corrected chi connectivity index (χ0v) is 16.9. The maximum absolute atomic E-state index is 12.4. The number of aryl methyl sites for hydroxylation is 1. The Morgan fingerprint density at radius 2 is 1.88 bits per heavy atom. The fourth-order valence-electron chi connectivity index (χ4n) is 2.39. The minimum absolute atomic E-state index is 0.00129. The minimum atomic E-state index is 0.00129. The molecular formula is C19H18BrN3O2S. The summed E-state index contributed by atoms with van der Waals surface area (Å²) in [6.45, 7) is 2.53. The van der Waals surface area contributed by atoms with Gasteiger partial charge >= 0.3 is 0 Å². The zero-order chi connectivity index (χ0) is 18.5. The first-order chi connectivity index (χ1) is 12.5. The molecule has 7 heteroatoms. The largest absolute Gasteiger partial charge is 0.411 e. The smallest absolute Gasteiger partial charge is 0.277 e. The lowest BCUT2D eigenvalue weighted by Crippen LogP contribution is -2.27. The van der Waals surface area contributed by atoms with Gasteiger partial charge in [0.15, 0.2) is 0 Å². The lowest BCUT2D eigenvalue weighted by Gasteiger charge is -2.17. The Kier molecular flexibility index (Phi) is 6.11. The van der Waals surface area contributed by atoms with Crippen LogP contribution >= 0.6 is 27.7 Å². The van der Waals surface area contributed by atoms with Gasteiger partial charge in [-0.1, -0.05) is 64.1 Å². The molecular weight excluding hydrogens is 414 g/mol. The van der Waals surface area contributed by atoms with Crippen molar-refractivity contribution in [3.8, 4) is 11.5 Å². The van der Waals surface area contributed by atoms with Crippen LogP contribution in [0.15, 0.2) is 62.6 Å². The van der Waals surface area contributed by atoms with E-state index < -0.39 is 0 Å². The molecule has 5 nitrogen and oxygen atoms in total. The molecule has 1 amide bonds. The quantitative estimate of drug-likeness (QED) is 0.535. The number of aromatic nitrogens is 2. The van der Waals surface area contributed by atoms with Crippen molar-refractivity contribution in [3.63, 3.8) is 0 Å². The number of amides is 1. The van der Waals surface area contributed by atoms with Crippen molar-refractivity contribution in [1.82, 2.24) is 15.1 Å². The lowest BCUT2D eigenvalue weighted by atomic mass is 10.1. The van der Waals surface area contributed by atoms with E-state index in [9.17, 15) is 4.79 Å². The van der Waals surface area contributed by atoms with Gasteiger partial charge in [0, 0.05) is 23.6 Å². The summed E-state index contributed by atoms with van der Waals surface area (Å²) >= 11 is 4.75. The van der Waals surface area contributed by atoms with Crippen molar-refractivity contribution in [3.05, 3.63) is 64.1 Å². The van der Waals surface area contributed by atoms with Gasteiger partial charge in [-0.05, 0) is 30.2 Å². The molecule has 0 N–H and O–H groups in total. The predicted octanol–water partition coefficient (Wildman–Crippen LogP) is 4.56. The predicted molar refractivity (Wildman–Crippen MR) is 106 cm³/mol. The van der Waals surface area contributed by atoms with E-state index in [0.29, 0.717) is 17.7 Å². The molecule has 0 fully saturated rings. The van der Waals surface area contributed by atoms with Gasteiger partial charge in [0.25, 0.3) is 5.22 Å².